The third-order valence-corrected chi connectivity index (χ3v) is 3.94. The monoisotopic (exact) mass is 270 g/mol. The van der Waals surface area contributed by atoms with E-state index < -0.39 is 0 Å². The molecular weight excluding hydrogens is 264 g/mol. The predicted octanol–water partition coefficient (Wildman–Crippen LogP) is 2.12. The van der Waals surface area contributed by atoms with Gasteiger partial charge in [0.2, 0.25) is 5.91 Å². The average Bonchev–Trinajstić information content (AvgIpc) is 2.75. The molecule has 1 fully saturated rings. The Hall–Kier alpha value is -0.860. The van der Waals surface area contributed by atoms with E-state index in [1.54, 1.807) is 11.0 Å². The molecule has 3 nitrogen and oxygen atoms in total. The number of halogens is 1. The Morgan fingerprint density at radius 1 is 1.71 bits per heavy atom. The summed E-state index contributed by atoms with van der Waals surface area (Å²) in [6.07, 6.45) is 0.807. The first-order valence-electron chi connectivity index (χ1n) is 4.17. The highest BCUT2D eigenvalue weighted by atomic mass is 79.9. The van der Waals surface area contributed by atoms with Gasteiger partial charge in [-0.15, -0.1) is 11.3 Å². The number of anilines is 1. The number of alkyl halides is 1. The summed E-state index contributed by atoms with van der Waals surface area (Å²) < 4.78 is 0. The van der Waals surface area contributed by atoms with E-state index in [9.17, 15) is 4.79 Å². The minimum atomic E-state index is -0.0869. The van der Waals surface area contributed by atoms with Crippen LogP contribution in [-0.4, -0.2) is 17.3 Å². The number of rotatable bonds is 1. The van der Waals surface area contributed by atoms with Crippen molar-refractivity contribution in [3.63, 3.8) is 0 Å². The summed E-state index contributed by atoms with van der Waals surface area (Å²) >= 11 is 4.75. The third-order valence-electron chi connectivity index (χ3n) is 2.15. The van der Waals surface area contributed by atoms with Gasteiger partial charge in [-0.3, -0.25) is 4.79 Å². The number of carbonyl (C=O) groups is 1. The van der Waals surface area contributed by atoms with Crippen LogP contribution in [0.25, 0.3) is 0 Å². The van der Waals surface area contributed by atoms with Gasteiger partial charge in [0.05, 0.1) is 10.4 Å². The Balaban J connectivity index is 2.33. The van der Waals surface area contributed by atoms with Gasteiger partial charge in [0, 0.05) is 6.54 Å². The number of amides is 1. The molecule has 2 heterocycles. The fourth-order valence-electron chi connectivity index (χ4n) is 1.44. The second kappa shape index (κ2) is 3.71. The fourth-order valence-corrected chi connectivity index (χ4v) is 2.78. The fraction of sp³-hybridized carbons (Fsp3) is 0.333. The van der Waals surface area contributed by atoms with E-state index in [-0.39, 0.29) is 10.7 Å². The zero-order valence-electron chi connectivity index (χ0n) is 7.24. The van der Waals surface area contributed by atoms with Crippen LogP contribution in [0.3, 0.4) is 0 Å². The first-order valence-corrected chi connectivity index (χ1v) is 5.96. The number of hydrogen-bond donors (Lipinski definition) is 0. The largest absolute Gasteiger partial charge is 0.302 e. The molecule has 0 N–H and O–H groups in total. The smallest absolute Gasteiger partial charge is 0.241 e. The summed E-state index contributed by atoms with van der Waals surface area (Å²) in [5.74, 6) is 0.0592. The molecule has 5 heteroatoms. The van der Waals surface area contributed by atoms with Crippen LogP contribution in [0.15, 0.2) is 11.4 Å². The molecule has 1 atom stereocenters. The van der Waals surface area contributed by atoms with Gasteiger partial charge in [0.15, 0.2) is 0 Å². The predicted molar refractivity (Wildman–Crippen MR) is 58.7 cm³/mol. The molecular formula is C9H7BrN2OS. The van der Waals surface area contributed by atoms with Gasteiger partial charge in [-0.2, -0.15) is 5.26 Å². The van der Waals surface area contributed by atoms with Gasteiger partial charge in [0.1, 0.15) is 11.1 Å². The topological polar surface area (TPSA) is 44.1 Å². The highest BCUT2D eigenvalue weighted by Gasteiger charge is 2.32. The van der Waals surface area contributed by atoms with Crippen LogP contribution in [0, 0.1) is 11.3 Å². The van der Waals surface area contributed by atoms with Gasteiger partial charge in [0.25, 0.3) is 0 Å². The van der Waals surface area contributed by atoms with Crippen molar-refractivity contribution in [2.75, 3.05) is 11.4 Å². The maximum Gasteiger partial charge on any atom is 0.241 e. The van der Waals surface area contributed by atoms with Crippen LogP contribution in [0.4, 0.5) is 5.00 Å². The molecule has 0 aliphatic carbocycles. The Morgan fingerprint density at radius 2 is 2.50 bits per heavy atom. The van der Waals surface area contributed by atoms with Crippen molar-refractivity contribution >= 4 is 38.2 Å². The van der Waals surface area contributed by atoms with E-state index in [1.807, 2.05) is 5.38 Å². The summed E-state index contributed by atoms with van der Waals surface area (Å²) in [4.78, 5) is 13.2. The molecule has 0 spiro atoms. The summed E-state index contributed by atoms with van der Waals surface area (Å²) in [5.41, 5.74) is 0.588. The standard InChI is InChI=1S/C9H7BrN2OS/c10-7-1-3-12(8(7)13)9-6(5-11)2-4-14-9/h2,4,7H,1,3H2. The highest BCUT2D eigenvalue weighted by Crippen LogP contribution is 2.32. The molecule has 0 aromatic carbocycles. The van der Waals surface area contributed by atoms with Crippen LogP contribution in [0.5, 0.6) is 0 Å². The SMILES string of the molecule is N#Cc1ccsc1N1CCC(Br)C1=O. The maximum absolute atomic E-state index is 11.6. The van der Waals surface area contributed by atoms with E-state index in [0.717, 1.165) is 11.4 Å². The molecule has 1 aromatic heterocycles. The second-order valence-corrected chi connectivity index (χ2v) is 5.00. The number of nitriles is 1. The van der Waals surface area contributed by atoms with Crippen molar-refractivity contribution < 1.29 is 4.79 Å². The lowest BCUT2D eigenvalue weighted by Crippen LogP contribution is -2.26. The maximum atomic E-state index is 11.6. The first kappa shape index (κ1) is 9.69. The Bertz CT molecular complexity index is 409. The van der Waals surface area contributed by atoms with Gasteiger partial charge in [-0.1, -0.05) is 15.9 Å². The highest BCUT2D eigenvalue weighted by molar-refractivity contribution is 9.10. The van der Waals surface area contributed by atoms with E-state index >= 15 is 0 Å². The average molecular weight is 271 g/mol. The first-order chi connectivity index (χ1) is 6.74. The summed E-state index contributed by atoms with van der Waals surface area (Å²) in [6.45, 7) is 0.698. The molecule has 1 aliphatic heterocycles. The zero-order chi connectivity index (χ0) is 10.1. The number of thiophene rings is 1. The second-order valence-electron chi connectivity index (χ2n) is 3.00. The number of nitrogens with zero attached hydrogens (tertiary/aromatic N) is 2. The molecule has 14 heavy (non-hydrogen) atoms. The molecule has 0 saturated carbocycles. The van der Waals surface area contributed by atoms with Crippen molar-refractivity contribution in [1.29, 1.82) is 5.26 Å². The molecule has 1 aromatic rings. The summed E-state index contributed by atoms with van der Waals surface area (Å²) in [5, 5.41) is 11.4. The molecule has 1 saturated heterocycles. The third kappa shape index (κ3) is 1.45. The molecule has 1 unspecified atom stereocenters. The minimum Gasteiger partial charge on any atom is -0.302 e. The lowest BCUT2D eigenvalue weighted by Gasteiger charge is -2.13. The van der Waals surface area contributed by atoms with Crippen LogP contribution in [-0.2, 0) is 4.79 Å². The molecule has 0 radical (unpaired) electrons. The molecule has 0 bridgehead atoms. The van der Waals surface area contributed by atoms with E-state index in [2.05, 4.69) is 22.0 Å². The minimum absolute atomic E-state index is 0.0592. The molecule has 1 amide bonds. The van der Waals surface area contributed by atoms with Crippen LogP contribution in [0.1, 0.15) is 12.0 Å². The lowest BCUT2D eigenvalue weighted by atomic mass is 10.3. The Morgan fingerprint density at radius 3 is 3.07 bits per heavy atom. The summed E-state index contributed by atoms with van der Waals surface area (Å²) in [7, 11) is 0. The molecule has 72 valence electrons. The van der Waals surface area contributed by atoms with Crippen LogP contribution >= 0.6 is 27.3 Å². The lowest BCUT2D eigenvalue weighted by molar-refractivity contribution is -0.116. The van der Waals surface area contributed by atoms with Crippen molar-refractivity contribution in [3.8, 4) is 6.07 Å². The van der Waals surface area contributed by atoms with E-state index in [4.69, 9.17) is 5.26 Å². The van der Waals surface area contributed by atoms with Crippen molar-refractivity contribution in [2.24, 2.45) is 0 Å². The van der Waals surface area contributed by atoms with E-state index in [1.165, 1.54) is 11.3 Å². The van der Waals surface area contributed by atoms with Gasteiger partial charge < -0.3 is 4.90 Å². The van der Waals surface area contributed by atoms with Crippen LogP contribution in [0.2, 0.25) is 0 Å². The van der Waals surface area contributed by atoms with E-state index in [0.29, 0.717) is 12.1 Å². The van der Waals surface area contributed by atoms with Crippen molar-refractivity contribution in [1.82, 2.24) is 0 Å². The summed E-state index contributed by atoms with van der Waals surface area (Å²) in [6, 6.07) is 3.83. The number of carbonyl (C=O) groups excluding carboxylic acids is 1. The normalized spacial score (nSPS) is 21.3. The zero-order valence-corrected chi connectivity index (χ0v) is 9.64. The van der Waals surface area contributed by atoms with Crippen molar-refractivity contribution in [2.45, 2.75) is 11.2 Å². The van der Waals surface area contributed by atoms with Gasteiger partial charge in [-0.25, -0.2) is 0 Å². The Labute approximate surface area is 94.1 Å². The van der Waals surface area contributed by atoms with Crippen LogP contribution < -0.4 is 4.90 Å². The number of hydrogen-bond acceptors (Lipinski definition) is 3. The van der Waals surface area contributed by atoms with Gasteiger partial charge >= 0.3 is 0 Å². The quantitative estimate of drug-likeness (QED) is 0.734. The Kier molecular flexibility index (Phi) is 2.57. The molecule has 2 rings (SSSR count). The molecule has 1 aliphatic rings. The van der Waals surface area contributed by atoms with Crippen molar-refractivity contribution in [3.05, 3.63) is 17.0 Å². The van der Waals surface area contributed by atoms with Gasteiger partial charge in [-0.05, 0) is 17.9 Å².